The predicted molar refractivity (Wildman–Crippen MR) is 63.3 cm³/mol. The summed E-state index contributed by atoms with van der Waals surface area (Å²) in [5.74, 6) is -18.3. The summed E-state index contributed by atoms with van der Waals surface area (Å²) in [4.78, 5) is 0. The molecule has 0 aromatic heterocycles. The molecule has 12 heteroatoms. The number of hydrogen-bond acceptors (Lipinski definition) is 3. The van der Waals surface area contributed by atoms with Crippen molar-refractivity contribution in [2.75, 3.05) is 6.61 Å². The first-order valence-electron chi connectivity index (χ1n) is 6.04. The second-order valence-electron chi connectivity index (χ2n) is 4.63. The molecule has 3 nitrogen and oxygen atoms in total. The van der Waals surface area contributed by atoms with Crippen LogP contribution in [0, 0.1) is 0 Å². The third kappa shape index (κ3) is 3.18. The van der Waals surface area contributed by atoms with Crippen LogP contribution in [0.3, 0.4) is 0 Å². The van der Waals surface area contributed by atoms with Crippen LogP contribution < -0.4 is 9.47 Å². The zero-order valence-electron chi connectivity index (χ0n) is 11.2. The molecular weight excluding hydrogens is 380 g/mol. The van der Waals surface area contributed by atoms with Crippen molar-refractivity contribution in [3.63, 3.8) is 0 Å². The van der Waals surface area contributed by atoms with Crippen LogP contribution in [0.25, 0.3) is 0 Å². The van der Waals surface area contributed by atoms with E-state index >= 15 is 0 Å². The zero-order chi connectivity index (χ0) is 18.3. The van der Waals surface area contributed by atoms with Gasteiger partial charge < -0.3 is 14.2 Å². The summed E-state index contributed by atoms with van der Waals surface area (Å²) >= 11 is 5.61. The Morgan fingerprint density at radius 3 is 2.21 bits per heavy atom. The molecular formula is C12H7ClF8O3. The van der Waals surface area contributed by atoms with Crippen molar-refractivity contribution in [3.8, 4) is 11.5 Å². The first kappa shape index (κ1) is 18.8. The van der Waals surface area contributed by atoms with Gasteiger partial charge in [0.05, 0.1) is 0 Å². The Bertz CT molecular complexity index is 610. The summed E-state index contributed by atoms with van der Waals surface area (Å²) in [5.41, 5.74) is 0. The van der Waals surface area contributed by atoms with E-state index in [0.717, 1.165) is 0 Å². The predicted octanol–water partition coefficient (Wildman–Crippen LogP) is 4.58. The molecule has 0 saturated heterocycles. The van der Waals surface area contributed by atoms with Crippen LogP contribution >= 0.6 is 11.6 Å². The van der Waals surface area contributed by atoms with Crippen LogP contribution in [0.4, 0.5) is 35.1 Å². The number of fused-ring (bicyclic) bond motifs is 1. The molecule has 0 N–H and O–H groups in total. The molecule has 1 aromatic carbocycles. The van der Waals surface area contributed by atoms with Crippen LogP contribution in [-0.2, 0) is 4.74 Å². The Morgan fingerprint density at radius 1 is 1.04 bits per heavy atom. The summed E-state index contributed by atoms with van der Waals surface area (Å²) in [7, 11) is 0. The van der Waals surface area contributed by atoms with Crippen molar-refractivity contribution in [2.45, 2.75) is 30.7 Å². The molecule has 0 spiro atoms. The minimum Gasteiger partial charge on any atom is -0.428 e. The van der Waals surface area contributed by atoms with Gasteiger partial charge in [0.1, 0.15) is 6.61 Å². The Kier molecular flexibility index (Phi) is 4.79. The van der Waals surface area contributed by atoms with Crippen molar-refractivity contribution in [3.05, 3.63) is 23.2 Å². The number of hydrogen-bond donors (Lipinski definition) is 0. The highest BCUT2D eigenvalue weighted by Crippen LogP contribution is 2.49. The molecule has 0 bridgehead atoms. The van der Waals surface area contributed by atoms with Gasteiger partial charge in [-0.2, -0.15) is 26.3 Å². The lowest BCUT2D eigenvalue weighted by molar-refractivity contribution is -0.354. The minimum atomic E-state index is -6.36. The normalized spacial score (nSPS) is 18.3. The average molecular weight is 387 g/mol. The summed E-state index contributed by atoms with van der Waals surface area (Å²) in [6, 6.07) is 3.77. The summed E-state index contributed by atoms with van der Waals surface area (Å²) in [6.45, 7) is -4.31. The molecule has 0 aliphatic carbocycles. The van der Waals surface area contributed by atoms with E-state index in [1.165, 1.54) is 18.2 Å². The van der Waals surface area contributed by atoms with E-state index < -0.39 is 37.3 Å². The SMILES string of the molecule is FC(F)C(F)(F)C(F)(F)C(F)(F)COC1Oc2ccc(Cl)cc2O1. The van der Waals surface area contributed by atoms with Crippen molar-refractivity contribution in [1.29, 1.82) is 0 Å². The van der Waals surface area contributed by atoms with Gasteiger partial charge in [-0.25, -0.2) is 8.78 Å². The van der Waals surface area contributed by atoms with E-state index in [0.29, 0.717) is 0 Å². The maximum Gasteiger partial charge on any atom is 0.380 e. The smallest absolute Gasteiger partial charge is 0.380 e. The molecule has 24 heavy (non-hydrogen) atoms. The first-order valence-corrected chi connectivity index (χ1v) is 6.42. The number of halogens is 9. The molecule has 1 heterocycles. The number of rotatable bonds is 6. The average Bonchev–Trinajstić information content (AvgIpc) is 2.86. The number of ether oxygens (including phenoxy) is 3. The lowest BCUT2D eigenvalue weighted by atomic mass is 10.1. The molecule has 0 fully saturated rings. The first-order chi connectivity index (χ1) is 10.9. The van der Waals surface area contributed by atoms with Crippen LogP contribution in [0.1, 0.15) is 0 Å². The Morgan fingerprint density at radius 2 is 1.62 bits per heavy atom. The van der Waals surface area contributed by atoms with Gasteiger partial charge in [-0.1, -0.05) is 11.6 Å². The molecule has 1 unspecified atom stereocenters. The van der Waals surface area contributed by atoms with Gasteiger partial charge >= 0.3 is 30.7 Å². The van der Waals surface area contributed by atoms with E-state index in [2.05, 4.69) is 4.74 Å². The third-order valence-electron chi connectivity index (χ3n) is 2.90. The van der Waals surface area contributed by atoms with Gasteiger partial charge in [0, 0.05) is 11.1 Å². The van der Waals surface area contributed by atoms with Gasteiger partial charge in [-0.15, -0.1) is 0 Å². The second kappa shape index (κ2) is 6.10. The van der Waals surface area contributed by atoms with E-state index in [9.17, 15) is 35.1 Å². The monoisotopic (exact) mass is 386 g/mol. The highest BCUT2D eigenvalue weighted by atomic mass is 35.5. The summed E-state index contributed by atoms with van der Waals surface area (Å²) in [5, 5.41) is 0.173. The van der Waals surface area contributed by atoms with E-state index in [1.807, 2.05) is 0 Å². The third-order valence-corrected chi connectivity index (χ3v) is 3.14. The standard InChI is InChI=1S/C12H7ClF8O3/c13-5-1-2-6-7(3-5)24-9(23-6)22-4-10(16,17)12(20,21)11(18,19)8(14)15/h1-3,8-9H,4H2. The van der Waals surface area contributed by atoms with E-state index in [1.54, 1.807) is 0 Å². The fraction of sp³-hybridized carbons (Fsp3) is 0.500. The lowest BCUT2D eigenvalue weighted by Crippen LogP contribution is -2.59. The second-order valence-corrected chi connectivity index (χ2v) is 5.07. The summed E-state index contributed by atoms with van der Waals surface area (Å²) < 4.78 is 116. The molecule has 1 aliphatic rings. The fourth-order valence-electron chi connectivity index (χ4n) is 1.62. The molecule has 2 rings (SSSR count). The largest absolute Gasteiger partial charge is 0.428 e. The zero-order valence-corrected chi connectivity index (χ0v) is 12.0. The fourth-order valence-corrected chi connectivity index (χ4v) is 1.78. The molecule has 1 aliphatic heterocycles. The molecule has 0 amide bonds. The Hall–Kier alpha value is -1.49. The van der Waals surface area contributed by atoms with Crippen molar-refractivity contribution < 1.29 is 49.3 Å². The van der Waals surface area contributed by atoms with Crippen molar-refractivity contribution >= 4 is 11.6 Å². The molecule has 0 saturated carbocycles. The van der Waals surface area contributed by atoms with E-state index in [-0.39, 0.29) is 16.5 Å². The number of alkyl halides is 8. The topological polar surface area (TPSA) is 27.7 Å². The maximum absolute atomic E-state index is 13.3. The summed E-state index contributed by atoms with van der Waals surface area (Å²) in [6.07, 6.45) is -5.00. The van der Waals surface area contributed by atoms with Crippen LogP contribution in [0.5, 0.6) is 11.5 Å². The molecule has 136 valence electrons. The van der Waals surface area contributed by atoms with Gasteiger partial charge in [-0.05, 0) is 12.1 Å². The van der Waals surface area contributed by atoms with Gasteiger partial charge in [0.2, 0.25) is 0 Å². The molecule has 1 aromatic rings. The Labute approximate surface area is 134 Å². The van der Waals surface area contributed by atoms with Crippen molar-refractivity contribution in [1.82, 2.24) is 0 Å². The lowest BCUT2D eigenvalue weighted by Gasteiger charge is -2.32. The Balaban J connectivity index is 2.04. The number of benzene rings is 1. The van der Waals surface area contributed by atoms with Gasteiger partial charge in [0.25, 0.3) is 0 Å². The van der Waals surface area contributed by atoms with Crippen LogP contribution in [0.2, 0.25) is 5.02 Å². The van der Waals surface area contributed by atoms with Gasteiger partial charge in [-0.3, -0.25) is 0 Å². The quantitative estimate of drug-likeness (QED) is 0.670. The van der Waals surface area contributed by atoms with E-state index in [4.69, 9.17) is 21.1 Å². The van der Waals surface area contributed by atoms with Crippen molar-refractivity contribution in [2.24, 2.45) is 0 Å². The van der Waals surface area contributed by atoms with Crippen LogP contribution in [-0.4, -0.2) is 37.3 Å². The van der Waals surface area contributed by atoms with Crippen LogP contribution in [0.15, 0.2) is 18.2 Å². The highest BCUT2D eigenvalue weighted by Gasteiger charge is 2.75. The molecule has 1 atom stereocenters. The van der Waals surface area contributed by atoms with Gasteiger partial charge in [0.15, 0.2) is 11.5 Å². The molecule has 0 radical (unpaired) electrons. The maximum atomic E-state index is 13.3. The highest BCUT2D eigenvalue weighted by molar-refractivity contribution is 6.30. The minimum absolute atomic E-state index is 0.0302.